The van der Waals surface area contributed by atoms with Crippen LogP contribution in [0.25, 0.3) is 0 Å². The number of phenols is 1. The van der Waals surface area contributed by atoms with Crippen LogP contribution in [0.4, 0.5) is 0 Å². The molecule has 0 aliphatic carbocycles. The highest BCUT2D eigenvalue weighted by Gasteiger charge is 2.21. The van der Waals surface area contributed by atoms with Crippen molar-refractivity contribution in [2.45, 2.75) is 39.5 Å². The maximum atomic E-state index is 11.9. The third-order valence-corrected chi connectivity index (χ3v) is 2.82. The monoisotopic (exact) mass is 236 g/mol. The molecule has 0 amide bonds. The molecule has 0 saturated heterocycles. The van der Waals surface area contributed by atoms with Gasteiger partial charge in [0.25, 0.3) is 0 Å². The van der Waals surface area contributed by atoms with E-state index in [1.54, 1.807) is 12.1 Å². The zero-order chi connectivity index (χ0) is 13.2. The largest absolute Gasteiger partial charge is 0.508 e. The van der Waals surface area contributed by atoms with E-state index in [9.17, 15) is 9.90 Å². The summed E-state index contributed by atoms with van der Waals surface area (Å²) in [4.78, 5) is 11.9. The number of aromatic hydroxyl groups is 1. The van der Waals surface area contributed by atoms with Crippen molar-refractivity contribution in [2.24, 2.45) is 0 Å². The van der Waals surface area contributed by atoms with Gasteiger partial charge < -0.3 is 9.84 Å². The summed E-state index contributed by atoms with van der Waals surface area (Å²) in [6.07, 6.45) is 0. The first-order chi connectivity index (χ1) is 7.88. The van der Waals surface area contributed by atoms with E-state index in [1.807, 2.05) is 27.7 Å². The van der Waals surface area contributed by atoms with Gasteiger partial charge in [-0.15, -0.1) is 0 Å². The number of benzene rings is 1. The van der Waals surface area contributed by atoms with Gasteiger partial charge >= 0.3 is 5.97 Å². The average Bonchev–Trinajstić information content (AvgIpc) is 2.26. The topological polar surface area (TPSA) is 46.5 Å². The van der Waals surface area contributed by atoms with Crippen molar-refractivity contribution in [3.63, 3.8) is 0 Å². The normalized spacial score (nSPS) is 11.0. The Morgan fingerprint density at radius 2 is 1.53 bits per heavy atom. The first-order valence-electron chi connectivity index (χ1n) is 5.83. The summed E-state index contributed by atoms with van der Waals surface area (Å²) in [5.74, 6) is 0.185. The van der Waals surface area contributed by atoms with Gasteiger partial charge in [0.1, 0.15) is 5.75 Å². The number of phenolic OH excluding ortho intramolecular Hbond substituents is 1. The zero-order valence-electron chi connectivity index (χ0n) is 11.1. The van der Waals surface area contributed by atoms with E-state index in [0.29, 0.717) is 5.56 Å². The van der Waals surface area contributed by atoms with Gasteiger partial charge in [-0.1, -0.05) is 27.7 Å². The Kier molecular flexibility index (Phi) is 4.16. The summed E-state index contributed by atoms with van der Waals surface area (Å²) < 4.78 is 4.84. The van der Waals surface area contributed by atoms with Gasteiger partial charge in [0, 0.05) is 0 Å². The highest BCUT2D eigenvalue weighted by Crippen LogP contribution is 2.32. The van der Waals surface area contributed by atoms with Crippen LogP contribution in [0.15, 0.2) is 12.1 Å². The Hall–Kier alpha value is -1.51. The third-order valence-electron chi connectivity index (χ3n) is 2.82. The fourth-order valence-electron chi connectivity index (χ4n) is 1.92. The van der Waals surface area contributed by atoms with E-state index in [2.05, 4.69) is 0 Å². The molecule has 94 valence electrons. The number of rotatable bonds is 3. The van der Waals surface area contributed by atoms with Crippen molar-refractivity contribution >= 4 is 5.97 Å². The van der Waals surface area contributed by atoms with Crippen LogP contribution < -0.4 is 0 Å². The lowest BCUT2D eigenvalue weighted by molar-refractivity contribution is 0.0597. The van der Waals surface area contributed by atoms with Crippen LogP contribution >= 0.6 is 0 Å². The summed E-state index contributed by atoms with van der Waals surface area (Å²) in [6.45, 7) is 7.97. The summed E-state index contributed by atoms with van der Waals surface area (Å²) >= 11 is 0. The highest BCUT2D eigenvalue weighted by molar-refractivity contribution is 5.93. The lowest BCUT2D eigenvalue weighted by atomic mass is 9.88. The van der Waals surface area contributed by atoms with Crippen LogP contribution in [-0.4, -0.2) is 18.2 Å². The number of carbonyl (C=O) groups excluding carboxylic acids is 1. The van der Waals surface area contributed by atoms with Crippen LogP contribution in [0, 0.1) is 0 Å². The standard InChI is InChI=1S/C14H20O3/c1-8(2)11-6-10(15)7-12(9(3)4)13(11)14(16)17-5/h6-9,15H,1-5H3. The van der Waals surface area contributed by atoms with Crippen molar-refractivity contribution < 1.29 is 14.6 Å². The molecule has 0 atom stereocenters. The van der Waals surface area contributed by atoms with Crippen LogP contribution in [0.1, 0.15) is 61.0 Å². The molecule has 0 bridgehead atoms. The lowest BCUT2D eigenvalue weighted by Gasteiger charge is -2.18. The molecule has 0 radical (unpaired) electrons. The van der Waals surface area contributed by atoms with Crippen LogP contribution in [0.3, 0.4) is 0 Å². The molecule has 1 N–H and O–H groups in total. The molecule has 1 rings (SSSR count). The first-order valence-corrected chi connectivity index (χ1v) is 5.83. The Labute approximate surface area is 102 Å². The second-order valence-electron chi connectivity index (χ2n) is 4.80. The molecule has 0 aliphatic rings. The Morgan fingerprint density at radius 1 is 1.12 bits per heavy atom. The van der Waals surface area contributed by atoms with E-state index in [-0.39, 0.29) is 23.6 Å². The van der Waals surface area contributed by atoms with Crippen molar-refractivity contribution in [3.8, 4) is 5.75 Å². The predicted octanol–water partition coefficient (Wildman–Crippen LogP) is 3.43. The third kappa shape index (κ3) is 2.78. The van der Waals surface area contributed by atoms with Crippen molar-refractivity contribution in [3.05, 3.63) is 28.8 Å². The number of hydrogen-bond acceptors (Lipinski definition) is 3. The van der Waals surface area contributed by atoms with Crippen LogP contribution in [-0.2, 0) is 4.74 Å². The van der Waals surface area contributed by atoms with E-state index in [0.717, 1.165) is 11.1 Å². The number of hydrogen-bond donors (Lipinski definition) is 1. The summed E-state index contributed by atoms with van der Waals surface area (Å²) in [5.41, 5.74) is 2.26. The minimum absolute atomic E-state index is 0.161. The van der Waals surface area contributed by atoms with Gasteiger partial charge in [0.2, 0.25) is 0 Å². The van der Waals surface area contributed by atoms with Crippen molar-refractivity contribution in [1.29, 1.82) is 0 Å². The van der Waals surface area contributed by atoms with E-state index >= 15 is 0 Å². The average molecular weight is 236 g/mol. The van der Waals surface area contributed by atoms with E-state index in [4.69, 9.17) is 4.74 Å². The fraction of sp³-hybridized carbons (Fsp3) is 0.500. The summed E-state index contributed by atoms with van der Waals surface area (Å²) in [7, 11) is 1.38. The second-order valence-corrected chi connectivity index (χ2v) is 4.80. The number of ether oxygens (including phenoxy) is 1. The molecule has 0 aliphatic heterocycles. The van der Waals surface area contributed by atoms with Crippen LogP contribution in [0.2, 0.25) is 0 Å². The first kappa shape index (κ1) is 13.6. The van der Waals surface area contributed by atoms with E-state index in [1.165, 1.54) is 7.11 Å². The Morgan fingerprint density at radius 3 is 1.82 bits per heavy atom. The van der Waals surface area contributed by atoms with E-state index < -0.39 is 0 Å². The molecule has 3 heteroatoms. The lowest BCUT2D eigenvalue weighted by Crippen LogP contribution is -2.11. The summed E-state index contributed by atoms with van der Waals surface area (Å²) in [5, 5.41) is 9.72. The second kappa shape index (κ2) is 5.21. The zero-order valence-corrected chi connectivity index (χ0v) is 11.1. The van der Waals surface area contributed by atoms with Gasteiger partial charge in [0.15, 0.2) is 0 Å². The maximum absolute atomic E-state index is 11.9. The Balaban J connectivity index is 3.53. The van der Waals surface area contributed by atoms with Crippen molar-refractivity contribution in [2.75, 3.05) is 7.11 Å². The number of carbonyl (C=O) groups is 1. The molecule has 0 fully saturated rings. The molecule has 0 spiro atoms. The van der Waals surface area contributed by atoms with Gasteiger partial charge in [-0.3, -0.25) is 0 Å². The molecular weight excluding hydrogens is 216 g/mol. The summed E-state index contributed by atoms with van der Waals surface area (Å²) in [6, 6.07) is 3.28. The molecule has 1 aromatic carbocycles. The number of esters is 1. The number of methoxy groups -OCH3 is 1. The molecule has 1 aromatic rings. The van der Waals surface area contributed by atoms with Crippen molar-refractivity contribution in [1.82, 2.24) is 0 Å². The highest BCUT2D eigenvalue weighted by atomic mass is 16.5. The van der Waals surface area contributed by atoms with Gasteiger partial charge in [-0.2, -0.15) is 0 Å². The fourth-order valence-corrected chi connectivity index (χ4v) is 1.92. The quantitative estimate of drug-likeness (QED) is 0.818. The molecule has 0 aromatic heterocycles. The molecule has 0 unspecified atom stereocenters. The minimum atomic E-state index is -0.336. The molecule has 17 heavy (non-hydrogen) atoms. The van der Waals surface area contributed by atoms with Gasteiger partial charge in [0.05, 0.1) is 12.7 Å². The smallest absolute Gasteiger partial charge is 0.338 e. The molecular formula is C14H20O3. The SMILES string of the molecule is COC(=O)c1c(C(C)C)cc(O)cc1C(C)C. The Bertz CT molecular complexity index is 390. The van der Waals surface area contributed by atoms with Gasteiger partial charge in [-0.05, 0) is 35.1 Å². The molecule has 3 nitrogen and oxygen atoms in total. The molecule has 0 saturated carbocycles. The maximum Gasteiger partial charge on any atom is 0.338 e. The van der Waals surface area contributed by atoms with Gasteiger partial charge in [-0.25, -0.2) is 4.79 Å². The minimum Gasteiger partial charge on any atom is -0.508 e. The predicted molar refractivity (Wildman–Crippen MR) is 67.6 cm³/mol. The molecule has 0 heterocycles. The van der Waals surface area contributed by atoms with Crippen LogP contribution in [0.5, 0.6) is 5.75 Å².